The lowest BCUT2D eigenvalue weighted by atomic mass is 10.1. The van der Waals surface area contributed by atoms with Crippen LogP contribution in [0.25, 0.3) is 0 Å². The van der Waals surface area contributed by atoms with Gasteiger partial charge in [-0.1, -0.05) is 20.8 Å². The quantitative estimate of drug-likeness (QED) is 0.725. The van der Waals surface area contributed by atoms with Gasteiger partial charge in [-0.2, -0.15) is 0 Å². The molecule has 0 radical (unpaired) electrons. The van der Waals surface area contributed by atoms with Crippen LogP contribution in [0.15, 0.2) is 0 Å². The molecule has 106 valence electrons. The average Bonchev–Trinajstić information content (AvgIpc) is 2.36. The average molecular weight is 274 g/mol. The second kappa shape index (κ2) is 7.11. The van der Waals surface area contributed by atoms with Crippen LogP contribution >= 0.6 is 0 Å². The Hall–Kier alpha value is -0.593. The van der Waals surface area contributed by atoms with Crippen LogP contribution < -0.4 is 11.1 Å². The zero-order chi connectivity index (χ0) is 13.6. The van der Waals surface area contributed by atoms with Gasteiger partial charge in [0.2, 0.25) is 0 Å². The van der Waals surface area contributed by atoms with Crippen molar-refractivity contribution in [2.75, 3.05) is 13.1 Å². The zero-order valence-corrected chi connectivity index (χ0v) is 12.7. The number of carbonyl (C=O) groups excluding carboxylic acids is 1. The number of rotatable bonds is 6. The van der Waals surface area contributed by atoms with Gasteiger partial charge in [0.15, 0.2) is 8.32 Å². The molecule has 5 nitrogen and oxygen atoms in total. The molecular weight excluding hydrogens is 248 g/mol. The van der Waals surface area contributed by atoms with Gasteiger partial charge in [0.25, 0.3) is 0 Å². The molecule has 0 saturated carbocycles. The van der Waals surface area contributed by atoms with E-state index in [1.165, 1.54) is 0 Å². The Labute approximate surface area is 111 Å². The molecule has 1 heterocycles. The Kier molecular flexibility index (Phi) is 6.11. The fourth-order valence-electron chi connectivity index (χ4n) is 2.56. The Morgan fingerprint density at radius 3 is 2.28 bits per heavy atom. The van der Waals surface area contributed by atoms with Gasteiger partial charge < -0.3 is 20.2 Å². The molecule has 6 heteroatoms. The third kappa shape index (κ3) is 4.26. The van der Waals surface area contributed by atoms with E-state index < -0.39 is 14.4 Å². The van der Waals surface area contributed by atoms with E-state index in [1.807, 2.05) is 0 Å². The van der Waals surface area contributed by atoms with Crippen LogP contribution in [0.4, 0.5) is 4.79 Å². The van der Waals surface area contributed by atoms with E-state index in [1.54, 1.807) is 0 Å². The van der Waals surface area contributed by atoms with E-state index in [0.29, 0.717) is 6.54 Å². The number of nitrogens with one attached hydrogen (secondary N) is 1. The van der Waals surface area contributed by atoms with E-state index in [0.717, 1.165) is 31.1 Å². The van der Waals surface area contributed by atoms with Gasteiger partial charge in [0, 0.05) is 19.5 Å². The predicted molar refractivity (Wildman–Crippen MR) is 74.0 cm³/mol. The molecule has 2 atom stereocenters. The molecular formula is C12H26N2O3Si. The third-order valence-corrected chi connectivity index (χ3v) is 8.60. The number of carbonyl (C=O) groups is 1. The maximum Gasteiger partial charge on any atom is 0.404 e. The Bertz CT molecular complexity index is 264. The molecule has 1 aliphatic heterocycles. The summed E-state index contributed by atoms with van der Waals surface area (Å²) in [6.45, 7) is 8.15. The van der Waals surface area contributed by atoms with Gasteiger partial charge >= 0.3 is 6.09 Å². The highest BCUT2D eigenvalue weighted by Gasteiger charge is 2.34. The molecule has 0 aliphatic carbocycles. The Morgan fingerprint density at radius 1 is 1.22 bits per heavy atom. The van der Waals surface area contributed by atoms with Crippen LogP contribution in [0.3, 0.4) is 0 Å². The van der Waals surface area contributed by atoms with Crippen molar-refractivity contribution in [3.8, 4) is 0 Å². The molecule has 0 bridgehead atoms. The maximum atomic E-state index is 10.8. The molecule has 1 aliphatic rings. The summed E-state index contributed by atoms with van der Waals surface area (Å²) in [6, 6.07) is 3.41. The van der Waals surface area contributed by atoms with Crippen molar-refractivity contribution in [2.45, 2.75) is 57.5 Å². The molecule has 0 aromatic carbocycles. The minimum absolute atomic E-state index is 0.148. The van der Waals surface area contributed by atoms with Crippen LogP contribution in [0.2, 0.25) is 18.1 Å². The second-order valence-electron chi connectivity index (χ2n) is 4.94. The molecule has 1 amide bonds. The summed E-state index contributed by atoms with van der Waals surface area (Å²) >= 11 is 0. The Morgan fingerprint density at radius 2 is 1.78 bits per heavy atom. The highest BCUT2D eigenvalue weighted by Crippen LogP contribution is 2.25. The van der Waals surface area contributed by atoms with Gasteiger partial charge in [-0.25, -0.2) is 4.79 Å². The van der Waals surface area contributed by atoms with Crippen LogP contribution in [0.1, 0.15) is 27.2 Å². The largest absolute Gasteiger partial charge is 0.445 e. The van der Waals surface area contributed by atoms with Gasteiger partial charge in [-0.05, 0) is 18.1 Å². The summed E-state index contributed by atoms with van der Waals surface area (Å²) in [4.78, 5) is 10.8. The van der Waals surface area contributed by atoms with Crippen LogP contribution in [-0.2, 0) is 9.16 Å². The minimum Gasteiger partial charge on any atom is -0.445 e. The monoisotopic (exact) mass is 274 g/mol. The normalized spacial score (nSPS) is 24.8. The number of ether oxygens (including phenoxy) is 1. The van der Waals surface area contributed by atoms with Crippen molar-refractivity contribution in [1.82, 2.24) is 5.32 Å². The fourth-order valence-corrected chi connectivity index (χ4v) is 5.45. The van der Waals surface area contributed by atoms with E-state index in [-0.39, 0.29) is 12.2 Å². The van der Waals surface area contributed by atoms with Crippen LogP contribution in [0.5, 0.6) is 0 Å². The molecule has 0 aromatic heterocycles. The van der Waals surface area contributed by atoms with Crippen LogP contribution in [-0.4, -0.2) is 39.7 Å². The number of hydrogen-bond acceptors (Lipinski definition) is 4. The highest BCUT2D eigenvalue weighted by molar-refractivity contribution is 6.73. The summed E-state index contributed by atoms with van der Waals surface area (Å²) in [6.07, 6.45) is 0.0468. The van der Waals surface area contributed by atoms with Crippen molar-refractivity contribution >= 4 is 14.4 Å². The zero-order valence-electron chi connectivity index (χ0n) is 11.7. The fraction of sp³-hybridized carbons (Fsp3) is 0.917. The first kappa shape index (κ1) is 15.5. The molecule has 1 saturated heterocycles. The number of nitrogens with two attached hydrogens (primary N) is 1. The summed E-state index contributed by atoms with van der Waals surface area (Å²) in [5.41, 5.74) is 5.05. The third-order valence-electron chi connectivity index (χ3n) is 3.90. The van der Waals surface area contributed by atoms with Crippen molar-refractivity contribution < 1.29 is 14.0 Å². The topological polar surface area (TPSA) is 73.6 Å². The van der Waals surface area contributed by atoms with E-state index >= 15 is 0 Å². The predicted octanol–water partition coefficient (Wildman–Crippen LogP) is 1.83. The van der Waals surface area contributed by atoms with E-state index in [4.69, 9.17) is 14.9 Å². The van der Waals surface area contributed by atoms with Crippen molar-refractivity contribution in [2.24, 2.45) is 5.73 Å². The molecule has 2 unspecified atom stereocenters. The molecule has 18 heavy (non-hydrogen) atoms. The first-order valence-corrected chi connectivity index (χ1v) is 9.42. The lowest BCUT2D eigenvalue weighted by Gasteiger charge is -2.37. The van der Waals surface area contributed by atoms with E-state index in [9.17, 15) is 4.79 Å². The Balaban J connectivity index is 2.53. The molecule has 1 fully saturated rings. The van der Waals surface area contributed by atoms with Gasteiger partial charge in [0.1, 0.15) is 6.10 Å². The molecule has 0 spiro atoms. The molecule has 3 N–H and O–H groups in total. The number of primary amides is 1. The van der Waals surface area contributed by atoms with Gasteiger partial charge in [-0.15, -0.1) is 0 Å². The lowest BCUT2D eigenvalue weighted by Crippen LogP contribution is -2.50. The maximum absolute atomic E-state index is 10.8. The van der Waals surface area contributed by atoms with E-state index in [2.05, 4.69) is 26.1 Å². The SMILES string of the molecule is CC[Si](CC)(CC)OC1CNCC(OC(N)=O)C1. The highest BCUT2D eigenvalue weighted by atomic mass is 28.4. The summed E-state index contributed by atoms with van der Waals surface area (Å²) in [5, 5.41) is 3.25. The number of amides is 1. The first-order valence-electron chi connectivity index (χ1n) is 6.89. The summed E-state index contributed by atoms with van der Waals surface area (Å²) < 4.78 is 11.4. The second-order valence-corrected chi connectivity index (χ2v) is 9.66. The standard InChI is InChI=1S/C12H26N2O3Si/c1-4-18(5-2,6-3)17-11-7-10(8-14-9-11)16-12(13)15/h10-11,14H,4-9H2,1-3H3,(H2,13,15). The summed E-state index contributed by atoms with van der Waals surface area (Å²) in [5.74, 6) is 0. The first-order chi connectivity index (χ1) is 8.55. The molecule has 1 rings (SSSR count). The minimum atomic E-state index is -1.59. The van der Waals surface area contributed by atoms with Crippen molar-refractivity contribution in [3.63, 3.8) is 0 Å². The summed E-state index contributed by atoms with van der Waals surface area (Å²) in [7, 11) is -1.59. The number of piperidine rings is 1. The number of hydrogen-bond donors (Lipinski definition) is 2. The van der Waals surface area contributed by atoms with Crippen LogP contribution in [0, 0.1) is 0 Å². The van der Waals surface area contributed by atoms with Crippen molar-refractivity contribution in [1.29, 1.82) is 0 Å². The smallest absolute Gasteiger partial charge is 0.404 e. The molecule has 0 aromatic rings. The van der Waals surface area contributed by atoms with Crippen molar-refractivity contribution in [3.05, 3.63) is 0 Å². The lowest BCUT2D eigenvalue weighted by molar-refractivity contribution is 0.0424. The van der Waals surface area contributed by atoms with Gasteiger partial charge in [-0.3, -0.25) is 0 Å². The van der Waals surface area contributed by atoms with Gasteiger partial charge in [0.05, 0.1) is 6.10 Å².